The molecule has 0 amide bonds. The molecule has 0 fully saturated rings. The lowest BCUT2D eigenvalue weighted by atomic mass is 9.99. The Morgan fingerprint density at radius 2 is 1.84 bits per heavy atom. The molecule has 2 aromatic rings. The summed E-state index contributed by atoms with van der Waals surface area (Å²) in [6, 6.07) is 18.1. The van der Waals surface area contributed by atoms with Gasteiger partial charge in [0, 0.05) is 28.0 Å². The number of rotatable bonds is 8. The summed E-state index contributed by atoms with van der Waals surface area (Å²) in [4.78, 5) is 4.27. The van der Waals surface area contributed by atoms with Gasteiger partial charge in [0.05, 0.1) is 6.54 Å². The number of aliphatic imine (C=N–C) groups is 1. The molecule has 2 atom stereocenters. The second kappa shape index (κ2) is 9.99. The average Bonchev–Trinajstić information content (AvgIpc) is 2.62. The van der Waals surface area contributed by atoms with Gasteiger partial charge in [0.2, 0.25) is 0 Å². The van der Waals surface area contributed by atoms with Gasteiger partial charge in [-0.05, 0) is 35.6 Å². The van der Waals surface area contributed by atoms with E-state index in [0.717, 1.165) is 17.7 Å². The van der Waals surface area contributed by atoms with Crippen molar-refractivity contribution in [1.29, 1.82) is 0 Å². The van der Waals surface area contributed by atoms with Crippen LogP contribution in [0.25, 0.3) is 0 Å². The van der Waals surface area contributed by atoms with Gasteiger partial charge >= 0.3 is 0 Å². The number of nitrogens with zero attached hydrogens (tertiary/aromatic N) is 1. The van der Waals surface area contributed by atoms with E-state index in [1.807, 2.05) is 42.5 Å². The number of guanidine groups is 1. The molecule has 0 aromatic heterocycles. The normalized spacial score (nSPS) is 14.1. The van der Waals surface area contributed by atoms with Crippen molar-refractivity contribution in [2.45, 2.75) is 31.9 Å². The van der Waals surface area contributed by atoms with Gasteiger partial charge in [-0.25, -0.2) is 0 Å². The van der Waals surface area contributed by atoms with Gasteiger partial charge in [-0.15, -0.1) is 0 Å². The van der Waals surface area contributed by atoms with E-state index < -0.39 is 10.8 Å². The molecule has 0 aliphatic rings. The molecule has 0 spiro atoms. The van der Waals surface area contributed by atoms with Crippen LogP contribution in [0.3, 0.4) is 0 Å². The molecule has 2 aromatic carbocycles. The van der Waals surface area contributed by atoms with Crippen molar-refractivity contribution in [3.8, 4) is 0 Å². The SMILES string of the molecule is CCC(C)c1ccc(NC(N)=NCCS(=O)Cc2ccccc2)cc1. The zero-order valence-electron chi connectivity index (χ0n) is 14.9. The molecule has 5 heteroatoms. The summed E-state index contributed by atoms with van der Waals surface area (Å²) in [5, 5.41) is 3.08. The highest BCUT2D eigenvalue weighted by Crippen LogP contribution is 2.20. The summed E-state index contributed by atoms with van der Waals surface area (Å²) in [7, 11) is -0.934. The minimum absolute atomic E-state index is 0.355. The van der Waals surface area contributed by atoms with Crippen molar-refractivity contribution in [2.75, 3.05) is 17.6 Å². The van der Waals surface area contributed by atoms with Gasteiger partial charge in [-0.1, -0.05) is 56.3 Å². The van der Waals surface area contributed by atoms with Gasteiger partial charge in [0.15, 0.2) is 5.96 Å². The van der Waals surface area contributed by atoms with Gasteiger partial charge in [0.25, 0.3) is 0 Å². The van der Waals surface area contributed by atoms with Crippen molar-refractivity contribution in [3.05, 3.63) is 65.7 Å². The van der Waals surface area contributed by atoms with Gasteiger partial charge in [-0.2, -0.15) is 0 Å². The Morgan fingerprint density at radius 1 is 1.16 bits per heavy atom. The summed E-state index contributed by atoms with van der Waals surface area (Å²) in [5.74, 6) is 1.97. The van der Waals surface area contributed by atoms with Crippen LogP contribution in [0.2, 0.25) is 0 Å². The third-order valence-corrected chi connectivity index (χ3v) is 5.43. The quantitative estimate of drug-likeness (QED) is 0.556. The van der Waals surface area contributed by atoms with Crippen molar-refractivity contribution < 1.29 is 4.21 Å². The monoisotopic (exact) mass is 357 g/mol. The maximum atomic E-state index is 12.1. The molecule has 4 nitrogen and oxygen atoms in total. The zero-order chi connectivity index (χ0) is 18.1. The Morgan fingerprint density at radius 3 is 2.48 bits per heavy atom. The molecule has 3 N–H and O–H groups in total. The molecule has 0 aliphatic heterocycles. The molecule has 0 saturated heterocycles. The lowest BCUT2D eigenvalue weighted by molar-refractivity contribution is 0.682. The minimum Gasteiger partial charge on any atom is -0.370 e. The second-order valence-electron chi connectivity index (χ2n) is 6.10. The average molecular weight is 358 g/mol. The van der Waals surface area contributed by atoms with E-state index in [4.69, 9.17) is 5.73 Å². The van der Waals surface area contributed by atoms with E-state index in [-0.39, 0.29) is 0 Å². The van der Waals surface area contributed by atoms with Crippen LogP contribution < -0.4 is 11.1 Å². The molecule has 25 heavy (non-hydrogen) atoms. The lowest BCUT2D eigenvalue weighted by Gasteiger charge is -2.10. The molecule has 0 saturated carbocycles. The number of benzene rings is 2. The Hall–Kier alpha value is -2.14. The predicted molar refractivity (Wildman–Crippen MR) is 108 cm³/mol. The van der Waals surface area contributed by atoms with Crippen LogP contribution in [-0.4, -0.2) is 22.5 Å². The second-order valence-corrected chi connectivity index (χ2v) is 7.67. The van der Waals surface area contributed by atoms with Crippen LogP contribution in [0.5, 0.6) is 0 Å². The molecular weight excluding hydrogens is 330 g/mol. The van der Waals surface area contributed by atoms with E-state index in [2.05, 4.69) is 36.3 Å². The molecule has 0 aliphatic carbocycles. The van der Waals surface area contributed by atoms with Crippen molar-refractivity contribution in [2.24, 2.45) is 10.7 Å². The first-order chi connectivity index (χ1) is 12.1. The van der Waals surface area contributed by atoms with Crippen molar-refractivity contribution in [3.63, 3.8) is 0 Å². The molecule has 134 valence electrons. The summed E-state index contributed by atoms with van der Waals surface area (Å²) in [6.07, 6.45) is 1.12. The van der Waals surface area contributed by atoms with E-state index in [1.54, 1.807) is 0 Å². The first-order valence-electron chi connectivity index (χ1n) is 8.64. The fraction of sp³-hybridized carbons (Fsp3) is 0.350. The summed E-state index contributed by atoms with van der Waals surface area (Å²) >= 11 is 0. The van der Waals surface area contributed by atoms with Crippen LogP contribution in [0.1, 0.15) is 37.3 Å². The third kappa shape index (κ3) is 6.70. The van der Waals surface area contributed by atoms with E-state index in [1.165, 1.54) is 5.56 Å². The van der Waals surface area contributed by atoms with E-state index >= 15 is 0 Å². The van der Waals surface area contributed by atoms with Crippen LogP contribution >= 0.6 is 0 Å². The zero-order valence-corrected chi connectivity index (χ0v) is 15.8. The molecular formula is C20H27N3OS. The summed E-state index contributed by atoms with van der Waals surface area (Å²) < 4.78 is 12.1. The number of hydrogen-bond donors (Lipinski definition) is 2. The van der Waals surface area contributed by atoms with Gasteiger partial charge in [0.1, 0.15) is 0 Å². The number of nitrogens with two attached hydrogens (primary N) is 1. The topological polar surface area (TPSA) is 67.5 Å². The van der Waals surface area contributed by atoms with Crippen LogP contribution in [0.4, 0.5) is 5.69 Å². The fourth-order valence-electron chi connectivity index (χ4n) is 2.42. The van der Waals surface area contributed by atoms with Crippen LogP contribution in [-0.2, 0) is 16.6 Å². The standard InChI is InChI=1S/C20H27N3OS/c1-3-16(2)18-9-11-19(12-10-18)23-20(21)22-13-14-25(24)15-17-7-5-4-6-8-17/h4-12,16H,3,13-15H2,1-2H3,(H3,21,22,23). The smallest absolute Gasteiger partial charge is 0.193 e. The Labute approximate surface area is 153 Å². The van der Waals surface area contributed by atoms with E-state index in [9.17, 15) is 4.21 Å². The highest BCUT2D eigenvalue weighted by Gasteiger charge is 2.04. The summed E-state index contributed by atoms with van der Waals surface area (Å²) in [6.45, 7) is 4.85. The highest BCUT2D eigenvalue weighted by atomic mass is 32.2. The number of hydrogen-bond acceptors (Lipinski definition) is 2. The first-order valence-corrected chi connectivity index (χ1v) is 10.1. The lowest BCUT2D eigenvalue weighted by Crippen LogP contribution is -2.23. The number of anilines is 1. The maximum Gasteiger partial charge on any atom is 0.193 e. The Balaban J connectivity index is 1.78. The molecule has 0 radical (unpaired) electrons. The van der Waals surface area contributed by atoms with Crippen LogP contribution in [0.15, 0.2) is 59.6 Å². The summed E-state index contributed by atoms with van der Waals surface area (Å²) in [5.41, 5.74) is 9.22. The van der Waals surface area contributed by atoms with Crippen LogP contribution in [0, 0.1) is 0 Å². The van der Waals surface area contributed by atoms with Crippen molar-refractivity contribution in [1.82, 2.24) is 0 Å². The minimum atomic E-state index is -0.934. The molecule has 2 unspecified atom stereocenters. The number of nitrogens with one attached hydrogen (secondary N) is 1. The molecule has 0 bridgehead atoms. The molecule has 2 rings (SSSR count). The Bertz CT molecular complexity index is 699. The van der Waals surface area contributed by atoms with Gasteiger partial charge < -0.3 is 11.1 Å². The van der Waals surface area contributed by atoms with E-state index in [0.29, 0.717) is 29.9 Å². The third-order valence-electron chi connectivity index (χ3n) is 4.14. The highest BCUT2D eigenvalue weighted by molar-refractivity contribution is 7.84. The molecule has 0 heterocycles. The largest absolute Gasteiger partial charge is 0.370 e. The first kappa shape index (κ1) is 19.2. The Kier molecular flexibility index (Phi) is 7.67. The maximum absolute atomic E-state index is 12.1. The fourth-order valence-corrected chi connectivity index (χ4v) is 3.42. The van der Waals surface area contributed by atoms with Crippen molar-refractivity contribution >= 4 is 22.4 Å². The van der Waals surface area contributed by atoms with Gasteiger partial charge in [-0.3, -0.25) is 9.20 Å². The predicted octanol–water partition coefficient (Wildman–Crippen LogP) is 3.88.